The van der Waals surface area contributed by atoms with Crippen LogP contribution in [0.4, 0.5) is 5.69 Å². The van der Waals surface area contributed by atoms with Crippen molar-refractivity contribution in [1.82, 2.24) is 5.32 Å². The summed E-state index contributed by atoms with van der Waals surface area (Å²) in [5, 5.41) is 16.0. The first-order chi connectivity index (χ1) is 9.22. The molecule has 0 aromatic heterocycles. The number of amides is 1. The molecule has 3 N–H and O–H groups in total. The van der Waals surface area contributed by atoms with Gasteiger partial charge in [-0.3, -0.25) is 4.79 Å². The van der Waals surface area contributed by atoms with E-state index >= 15 is 0 Å². The molecule has 2 aliphatic rings. The smallest absolute Gasteiger partial charge is 0.243 e. The van der Waals surface area contributed by atoms with Crippen LogP contribution >= 0.6 is 0 Å². The van der Waals surface area contributed by atoms with Crippen molar-refractivity contribution < 1.29 is 9.90 Å². The van der Waals surface area contributed by atoms with Gasteiger partial charge in [-0.05, 0) is 37.3 Å². The number of nitrogens with one attached hydrogen (secondary N) is 2. The molecule has 0 radical (unpaired) electrons. The molecule has 4 heteroatoms. The Balaban J connectivity index is 1.58. The minimum absolute atomic E-state index is 0.0512. The third kappa shape index (κ3) is 2.73. The SMILES string of the molecule is O=C(NC1CCCC(O)C1)C1Cc2ccccc2N1. The summed E-state index contributed by atoms with van der Waals surface area (Å²) in [5.74, 6) is 0.0512. The predicted octanol–water partition coefficient (Wildman–Crippen LogP) is 1.44. The Morgan fingerprint density at radius 1 is 1.32 bits per heavy atom. The molecule has 1 aliphatic carbocycles. The first kappa shape index (κ1) is 12.5. The number of aliphatic hydroxyl groups excluding tert-OH is 1. The van der Waals surface area contributed by atoms with E-state index in [0.29, 0.717) is 6.42 Å². The topological polar surface area (TPSA) is 61.4 Å². The highest BCUT2D eigenvalue weighted by Crippen LogP contribution is 2.25. The van der Waals surface area contributed by atoms with Crippen LogP contribution in [-0.2, 0) is 11.2 Å². The number of carbonyl (C=O) groups is 1. The highest BCUT2D eigenvalue weighted by atomic mass is 16.3. The summed E-state index contributed by atoms with van der Waals surface area (Å²) in [4.78, 5) is 12.2. The number of benzene rings is 1. The Morgan fingerprint density at radius 2 is 2.16 bits per heavy atom. The van der Waals surface area contributed by atoms with Crippen LogP contribution in [0, 0.1) is 0 Å². The summed E-state index contributed by atoms with van der Waals surface area (Å²) >= 11 is 0. The lowest BCUT2D eigenvalue weighted by molar-refractivity contribution is -0.122. The monoisotopic (exact) mass is 260 g/mol. The van der Waals surface area contributed by atoms with Gasteiger partial charge in [-0.15, -0.1) is 0 Å². The minimum Gasteiger partial charge on any atom is -0.393 e. The van der Waals surface area contributed by atoms with Gasteiger partial charge < -0.3 is 15.7 Å². The summed E-state index contributed by atoms with van der Waals surface area (Å²) in [6.45, 7) is 0. The zero-order valence-corrected chi connectivity index (χ0v) is 10.9. The molecule has 0 bridgehead atoms. The van der Waals surface area contributed by atoms with Crippen LogP contribution in [0.25, 0.3) is 0 Å². The molecule has 102 valence electrons. The first-order valence-electron chi connectivity index (χ1n) is 7.05. The van der Waals surface area contributed by atoms with E-state index in [-0.39, 0.29) is 24.1 Å². The quantitative estimate of drug-likeness (QED) is 0.754. The zero-order chi connectivity index (χ0) is 13.2. The third-order valence-electron chi connectivity index (χ3n) is 4.08. The van der Waals surface area contributed by atoms with Crippen molar-refractivity contribution >= 4 is 11.6 Å². The Hall–Kier alpha value is -1.55. The van der Waals surface area contributed by atoms with Crippen LogP contribution < -0.4 is 10.6 Å². The number of rotatable bonds is 2. The maximum absolute atomic E-state index is 12.2. The molecule has 1 fully saturated rings. The molecule has 4 nitrogen and oxygen atoms in total. The number of hydrogen-bond acceptors (Lipinski definition) is 3. The van der Waals surface area contributed by atoms with Gasteiger partial charge in [0.25, 0.3) is 0 Å². The van der Waals surface area contributed by atoms with Crippen molar-refractivity contribution in [2.45, 2.75) is 50.3 Å². The molecule has 0 spiro atoms. The second-order valence-corrected chi connectivity index (χ2v) is 5.58. The predicted molar refractivity (Wildman–Crippen MR) is 74.0 cm³/mol. The molecular weight excluding hydrogens is 240 g/mol. The van der Waals surface area contributed by atoms with Crippen molar-refractivity contribution in [3.63, 3.8) is 0 Å². The van der Waals surface area contributed by atoms with Gasteiger partial charge >= 0.3 is 0 Å². The summed E-state index contributed by atoms with van der Waals surface area (Å²) in [6.07, 6.45) is 4.00. The molecule has 1 aliphatic heterocycles. The van der Waals surface area contributed by atoms with Gasteiger partial charge in [-0.25, -0.2) is 0 Å². The van der Waals surface area contributed by atoms with Gasteiger partial charge in [0.2, 0.25) is 5.91 Å². The van der Waals surface area contributed by atoms with Crippen LogP contribution in [-0.4, -0.2) is 29.2 Å². The lowest BCUT2D eigenvalue weighted by atomic mass is 9.93. The maximum Gasteiger partial charge on any atom is 0.243 e. The van der Waals surface area contributed by atoms with Gasteiger partial charge in [0, 0.05) is 18.2 Å². The number of fused-ring (bicyclic) bond motifs is 1. The number of hydrogen-bond donors (Lipinski definition) is 3. The Morgan fingerprint density at radius 3 is 2.95 bits per heavy atom. The zero-order valence-electron chi connectivity index (χ0n) is 10.9. The highest BCUT2D eigenvalue weighted by Gasteiger charge is 2.29. The van der Waals surface area contributed by atoms with E-state index in [1.54, 1.807) is 0 Å². The second kappa shape index (κ2) is 5.21. The van der Waals surface area contributed by atoms with Crippen LogP contribution in [0.1, 0.15) is 31.2 Å². The normalized spacial score (nSPS) is 29.4. The van der Waals surface area contributed by atoms with Crippen LogP contribution in [0.15, 0.2) is 24.3 Å². The van der Waals surface area contributed by atoms with Crippen LogP contribution in [0.5, 0.6) is 0 Å². The van der Waals surface area contributed by atoms with E-state index in [9.17, 15) is 9.90 Å². The van der Waals surface area contributed by atoms with E-state index in [0.717, 1.165) is 31.4 Å². The molecule has 1 aromatic rings. The number of anilines is 1. The molecule has 19 heavy (non-hydrogen) atoms. The van der Waals surface area contributed by atoms with Crippen molar-refractivity contribution in [3.05, 3.63) is 29.8 Å². The first-order valence-corrected chi connectivity index (χ1v) is 7.05. The average molecular weight is 260 g/mol. The van der Waals surface area contributed by atoms with E-state index in [1.807, 2.05) is 18.2 Å². The lowest BCUT2D eigenvalue weighted by Gasteiger charge is -2.27. The minimum atomic E-state index is -0.257. The largest absolute Gasteiger partial charge is 0.393 e. The van der Waals surface area contributed by atoms with Gasteiger partial charge in [0.05, 0.1) is 6.10 Å². The van der Waals surface area contributed by atoms with Gasteiger partial charge in [-0.1, -0.05) is 18.2 Å². The van der Waals surface area contributed by atoms with Crippen molar-refractivity contribution in [3.8, 4) is 0 Å². The Kier molecular flexibility index (Phi) is 3.42. The van der Waals surface area contributed by atoms with E-state index in [4.69, 9.17) is 0 Å². The van der Waals surface area contributed by atoms with E-state index in [1.165, 1.54) is 5.56 Å². The standard InChI is InChI=1S/C15H20N2O2/c18-12-6-3-5-11(9-12)16-15(19)14-8-10-4-1-2-7-13(10)17-14/h1-2,4,7,11-12,14,17-18H,3,5-6,8-9H2,(H,16,19). The van der Waals surface area contributed by atoms with Crippen molar-refractivity contribution in [2.24, 2.45) is 0 Å². The molecule has 1 amide bonds. The molecule has 1 saturated carbocycles. The molecule has 1 heterocycles. The Bertz CT molecular complexity index is 450. The lowest BCUT2D eigenvalue weighted by Crippen LogP contribution is -2.46. The van der Waals surface area contributed by atoms with Gasteiger partial charge in [-0.2, -0.15) is 0 Å². The fraction of sp³-hybridized carbons (Fsp3) is 0.533. The van der Waals surface area contributed by atoms with Crippen LogP contribution in [0.3, 0.4) is 0 Å². The van der Waals surface area contributed by atoms with Gasteiger partial charge in [0.1, 0.15) is 6.04 Å². The second-order valence-electron chi connectivity index (χ2n) is 5.58. The number of para-hydroxylation sites is 1. The van der Waals surface area contributed by atoms with E-state index < -0.39 is 0 Å². The Labute approximate surface area is 113 Å². The molecule has 3 atom stereocenters. The summed E-state index contributed by atoms with van der Waals surface area (Å²) < 4.78 is 0. The maximum atomic E-state index is 12.2. The fourth-order valence-corrected chi connectivity index (χ4v) is 3.05. The number of aliphatic hydroxyl groups is 1. The molecule has 1 aromatic carbocycles. The van der Waals surface area contributed by atoms with Gasteiger partial charge in [0.15, 0.2) is 0 Å². The summed E-state index contributed by atoms with van der Waals surface area (Å²) in [6, 6.07) is 7.99. The summed E-state index contributed by atoms with van der Waals surface area (Å²) in [7, 11) is 0. The molecule has 3 rings (SSSR count). The molecule has 0 saturated heterocycles. The van der Waals surface area contributed by atoms with Crippen molar-refractivity contribution in [1.29, 1.82) is 0 Å². The highest BCUT2D eigenvalue weighted by molar-refractivity contribution is 5.87. The molecule has 3 unspecified atom stereocenters. The fourth-order valence-electron chi connectivity index (χ4n) is 3.05. The molecular formula is C15H20N2O2. The van der Waals surface area contributed by atoms with Crippen molar-refractivity contribution in [2.75, 3.05) is 5.32 Å². The number of carbonyl (C=O) groups excluding carboxylic acids is 1. The third-order valence-corrected chi connectivity index (χ3v) is 4.08. The summed E-state index contributed by atoms with van der Waals surface area (Å²) in [5.41, 5.74) is 2.26. The average Bonchev–Trinajstić information content (AvgIpc) is 2.82. The van der Waals surface area contributed by atoms with E-state index in [2.05, 4.69) is 16.7 Å². The van der Waals surface area contributed by atoms with Crippen LogP contribution in [0.2, 0.25) is 0 Å².